The van der Waals surface area contributed by atoms with Crippen LogP contribution in [0.25, 0.3) is 0 Å². The minimum absolute atomic E-state index is 0.504. The summed E-state index contributed by atoms with van der Waals surface area (Å²) in [5, 5.41) is 8.11. The molecule has 0 atom stereocenters. The Labute approximate surface area is 56.3 Å². The summed E-state index contributed by atoms with van der Waals surface area (Å²) in [5.74, 6) is 0. The van der Waals surface area contributed by atoms with E-state index in [2.05, 4.69) is 0 Å². The lowest BCUT2D eigenvalue weighted by molar-refractivity contribution is 1.34. The third-order valence-corrected chi connectivity index (χ3v) is 0.775. The predicted octanol–water partition coefficient (Wildman–Crippen LogP) is 2.42. The standard InChI is InChI=1S/C8H11N/c1-8(2)6-4-3-5-7-9/h3-4,6H,5H2,1-2H3. The summed E-state index contributed by atoms with van der Waals surface area (Å²) in [6.07, 6.45) is 6.23. The second-order valence-electron chi connectivity index (χ2n) is 2.03. The van der Waals surface area contributed by atoms with Crippen LogP contribution in [-0.4, -0.2) is 0 Å². The lowest BCUT2D eigenvalue weighted by Gasteiger charge is -1.79. The molecule has 0 aromatic carbocycles. The van der Waals surface area contributed by atoms with Crippen molar-refractivity contribution in [2.24, 2.45) is 0 Å². The zero-order chi connectivity index (χ0) is 7.11. The molecular formula is C8H11N. The Bertz CT molecular complexity index is 154. The van der Waals surface area contributed by atoms with E-state index in [9.17, 15) is 0 Å². The van der Waals surface area contributed by atoms with Crippen molar-refractivity contribution in [3.63, 3.8) is 0 Å². The van der Waals surface area contributed by atoms with Gasteiger partial charge in [-0.15, -0.1) is 0 Å². The van der Waals surface area contributed by atoms with Gasteiger partial charge in [-0.3, -0.25) is 0 Å². The van der Waals surface area contributed by atoms with Gasteiger partial charge in [-0.1, -0.05) is 23.8 Å². The van der Waals surface area contributed by atoms with E-state index in [0.717, 1.165) is 0 Å². The van der Waals surface area contributed by atoms with Crippen molar-refractivity contribution in [1.82, 2.24) is 0 Å². The molecule has 0 rings (SSSR count). The predicted molar refractivity (Wildman–Crippen MR) is 38.8 cm³/mol. The lowest BCUT2D eigenvalue weighted by atomic mass is 10.3. The molecule has 48 valence electrons. The van der Waals surface area contributed by atoms with E-state index < -0.39 is 0 Å². The topological polar surface area (TPSA) is 23.8 Å². The average molecular weight is 121 g/mol. The summed E-state index contributed by atoms with van der Waals surface area (Å²) in [5.41, 5.74) is 1.25. The van der Waals surface area contributed by atoms with Crippen LogP contribution in [0.1, 0.15) is 20.3 Å². The largest absolute Gasteiger partial charge is 0.198 e. The van der Waals surface area contributed by atoms with Gasteiger partial charge in [0.05, 0.1) is 12.5 Å². The van der Waals surface area contributed by atoms with Gasteiger partial charge in [-0.05, 0) is 13.8 Å². The highest BCUT2D eigenvalue weighted by molar-refractivity contribution is 5.09. The van der Waals surface area contributed by atoms with Crippen molar-refractivity contribution >= 4 is 0 Å². The molecule has 0 amide bonds. The van der Waals surface area contributed by atoms with Crippen LogP contribution in [0.4, 0.5) is 0 Å². The molecule has 0 aliphatic heterocycles. The maximum Gasteiger partial charge on any atom is 0.0663 e. The van der Waals surface area contributed by atoms with E-state index in [1.54, 1.807) is 0 Å². The molecule has 0 aliphatic rings. The number of hydrogen-bond donors (Lipinski definition) is 0. The van der Waals surface area contributed by atoms with E-state index in [4.69, 9.17) is 5.26 Å². The van der Waals surface area contributed by atoms with Gasteiger partial charge >= 0.3 is 0 Å². The maximum absolute atomic E-state index is 8.11. The van der Waals surface area contributed by atoms with Gasteiger partial charge in [0.1, 0.15) is 0 Å². The van der Waals surface area contributed by atoms with Gasteiger partial charge in [0.25, 0.3) is 0 Å². The Morgan fingerprint density at radius 1 is 1.56 bits per heavy atom. The minimum atomic E-state index is 0.504. The molecule has 0 N–H and O–H groups in total. The van der Waals surface area contributed by atoms with Crippen molar-refractivity contribution in [1.29, 1.82) is 5.26 Å². The van der Waals surface area contributed by atoms with E-state index in [0.29, 0.717) is 6.42 Å². The normalized spacial score (nSPS) is 9.00. The van der Waals surface area contributed by atoms with Crippen LogP contribution < -0.4 is 0 Å². The van der Waals surface area contributed by atoms with E-state index in [1.807, 2.05) is 38.1 Å². The smallest absolute Gasteiger partial charge is 0.0663 e. The number of hydrogen-bond acceptors (Lipinski definition) is 1. The Kier molecular flexibility index (Phi) is 4.53. The fourth-order valence-corrected chi connectivity index (χ4v) is 0.381. The van der Waals surface area contributed by atoms with Crippen LogP contribution in [0.5, 0.6) is 0 Å². The van der Waals surface area contributed by atoms with Crippen LogP contribution >= 0.6 is 0 Å². The molecule has 0 spiro atoms. The Morgan fingerprint density at radius 2 is 2.22 bits per heavy atom. The van der Waals surface area contributed by atoms with Crippen molar-refractivity contribution in [3.8, 4) is 6.07 Å². The fraction of sp³-hybridized carbons (Fsp3) is 0.375. The summed E-state index contributed by atoms with van der Waals surface area (Å²) in [7, 11) is 0. The van der Waals surface area contributed by atoms with Gasteiger partial charge in [0.2, 0.25) is 0 Å². The molecule has 1 nitrogen and oxygen atoms in total. The lowest BCUT2D eigenvalue weighted by Crippen LogP contribution is -1.59. The highest BCUT2D eigenvalue weighted by Gasteiger charge is 1.70. The highest BCUT2D eigenvalue weighted by atomic mass is 14.2. The molecular weight excluding hydrogens is 110 g/mol. The third kappa shape index (κ3) is 6.97. The first kappa shape index (κ1) is 7.97. The second kappa shape index (κ2) is 5.11. The van der Waals surface area contributed by atoms with Gasteiger partial charge < -0.3 is 0 Å². The Balaban J connectivity index is 3.51. The summed E-state index contributed by atoms with van der Waals surface area (Å²) in [6.45, 7) is 4.05. The number of allylic oxidation sites excluding steroid dienone is 4. The summed E-state index contributed by atoms with van der Waals surface area (Å²) < 4.78 is 0. The summed E-state index contributed by atoms with van der Waals surface area (Å²) in [6, 6.07) is 2.03. The van der Waals surface area contributed by atoms with Crippen molar-refractivity contribution in [2.75, 3.05) is 0 Å². The van der Waals surface area contributed by atoms with Crippen LogP contribution in [0, 0.1) is 11.3 Å². The van der Waals surface area contributed by atoms with Crippen LogP contribution in [0.3, 0.4) is 0 Å². The molecule has 0 saturated heterocycles. The molecule has 0 aromatic rings. The van der Waals surface area contributed by atoms with Crippen LogP contribution in [0.15, 0.2) is 23.8 Å². The molecule has 0 saturated carbocycles. The first-order valence-corrected chi connectivity index (χ1v) is 2.94. The van der Waals surface area contributed by atoms with Crippen LogP contribution in [0.2, 0.25) is 0 Å². The first-order chi connectivity index (χ1) is 4.27. The van der Waals surface area contributed by atoms with Crippen molar-refractivity contribution < 1.29 is 0 Å². The van der Waals surface area contributed by atoms with Gasteiger partial charge in [0, 0.05) is 0 Å². The van der Waals surface area contributed by atoms with E-state index >= 15 is 0 Å². The molecule has 9 heavy (non-hydrogen) atoms. The molecule has 0 aliphatic carbocycles. The number of rotatable bonds is 2. The quantitative estimate of drug-likeness (QED) is 0.515. The number of nitrogens with zero attached hydrogens (tertiary/aromatic N) is 1. The third-order valence-electron chi connectivity index (χ3n) is 0.775. The highest BCUT2D eigenvalue weighted by Crippen LogP contribution is 1.89. The van der Waals surface area contributed by atoms with Crippen molar-refractivity contribution in [2.45, 2.75) is 20.3 Å². The molecule has 0 aromatic heterocycles. The molecule has 0 unspecified atom stereocenters. The fourth-order valence-electron chi connectivity index (χ4n) is 0.381. The molecule has 0 radical (unpaired) electrons. The zero-order valence-corrected chi connectivity index (χ0v) is 5.89. The van der Waals surface area contributed by atoms with Crippen LogP contribution in [-0.2, 0) is 0 Å². The van der Waals surface area contributed by atoms with Gasteiger partial charge in [0.15, 0.2) is 0 Å². The first-order valence-electron chi connectivity index (χ1n) is 2.94. The van der Waals surface area contributed by atoms with Gasteiger partial charge in [-0.25, -0.2) is 0 Å². The minimum Gasteiger partial charge on any atom is -0.198 e. The maximum atomic E-state index is 8.11. The Hall–Kier alpha value is -1.03. The summed E-state index contributed by atoms with van der Waals surface area (Å²) >= 11 is 0. The number of nitriles is 1. The van der Waals surface area contributed by atoms with Crippen molar-refractivity contribution in [3.05, 3.63) is 23.8 Å². The second-order valence-corrected chi connectivity index (χ2v) is 2.03. The van der Waals surface area contributed by atoms with E-state index in [1.165, 1.54) is 5.57 Å². The zero-order valence-electron chi connectivity index (χ0n) is 5.89. The average Bonchev–Trinajstić information content (AvgIpc) is 1.80. The Morgan fingerprint density at radius 3 is 2.67 bits per heavy atom. The molecule has 0 fully saturated rings. The van der Waals surface area contributed by atoms with E-state index in [-0.39, 0.29) is 0 Å². The molecule has 0 bridgehead atoms. The SMILES string of the molecule is CC(C)=CC=CCC#N. The molecule has 1 heteroatoms. The van der Waals surface area contributed by atoms with Gasteiger partial charge in [-0.2, -0.15) is 5.26 Å². The molecule has 0 heterocycles. The summed E-state index contributed by atoms with van der Waals surface area (Å²) in [4.78, 5) is 0. The monoisotopic (exact) mass is 121 g/mol.